The van der Waals surface area contributed by atoms with Crippen molar-refractivity contribution < 1.29 is 5.11 Å². The molecule has 1 unspecified atom stereocenters. The van der Waals surface area contributed by atoms with Crippen LogP contribution >= 0.6 is 0 Å². The molecule has 2 rings (SSSR count). The lowest BCUT2D eigenvalue weighted by atomic mass is 9.93. The van der Waals surface area contributed by atoms with Gasteiger partial charge in [-0.1, -0.05) is 25.7 Å². The van der Waals surface area contributed by atoms with Crippen LogP contribution in [0.15, 0.2) is 0 Å². The van der Waals surface area contributed by atoms with Crippen molar-refractivity contribution in [1.82, 2.24) is 10.2 Å². The zero-order valence-corrected chi connectivity index (χ0v) is 12.6. The number of aliphatic hydroxyl groups is 1. The minimum atomic E-state index is -0.0861. The molecule has 0 bridgehead atoms. The molecule has 1 heterocycles. The predicted octanol–water partition coefficient (Wildman–Crippen LogP) is 2.25. The normalized spacial score (nSPS) is 24.9. The van der Waals surface area contributed by atoms with Crippen molar-refractivity contribution >= 4 is 0 Å². The first-order chi connectivity index (χ1) is 9.28. The first-order valence-corrected chi connectivity index (χ1v) is 8.33. The van der Waals surface area contributed by atoms with Gasteiger partial charge in [0, 0.05) is 6.54 Å². The number of nitrogens with one attached hydrogen (secondary N) is 1. The summed E-state index contributed by atoms with van der Waals surface area (Å²) in [5.41, 5.74) is 0. The van der Waals surface area contributed by atoms with E-state index in [2.05, 4.69) is 10.2 Å². The molecule has 0 radical (unpaired) electrons. The van der Waals surface area contributed by atoms with Crippen molar-refractivity contribution in [3.05, 3.63) is 0 Å². The van der Waals surface area contributed by atoms with Crippen LogP contribution in [0.5, 0.6) is 0 Å². The van der Waals surface area contributed by atoms with Crippen LogP contribution in [0, 0.1) is 11.8 Å². The summed E-state index contributed by atoms with van der Waals surface area (Å²) in [6.45, 7) is 4.44. The largest absolute Gasteiger partial charge is 0.392 e. The second-order valence-electron chi connectivity index (χ2n) is 6.68. The van der Waals surface area contributed by atoms with E-state index < -0.39 is 0 Å². The summed E-state index contributed by atoms with van der Waals surface area (Å²) in [6.07, 6.45) is 10.4. The summed E-state index contributed by atoms with van der Waals surface area (Å²) in [7, 11) is 2.04. The Bertz CT molecular complexity index is 233. The maximum absolute atomic E-state index is 10.2. The minimum Gasteiger partial charge on any atom is -0.392 e. The molecule has 0 aromatic rings. The summed E-state index contributed by atoms with van der Waals surface area (Å²) in [4.78, 5) is 2.48. The quantitative estimate of drug-likeness (QED) is 0.743. The van der Waals surface area contributed by atoms with Crippen molar-refractivity contribution in [3.8, 4) is 0 Å². The van der Waals surface area contributed by atoms with Gasteiger partial charge in [-0.15, -0.1) is 0 Å². The van der Waals surface area contributed by atoms with Gasteiger partial charge in [-0.25, -0.2) is 0 Å². The van der Waals surface area contributed by atoms with Crippen molar-refractivity contribution in [2.45, 2.75) is 57.5 Å². The van der Waals surface area contributed by atoms with Crippen LogP contribution in [-0.2, 0) is 0 Å². The second kappa shape index (κ2) is 8.23. The molecular weight excluding hydrogens is 236 g/mol. The lowest BCUT2D eigenvalue weighted by Crippen LogP contribution is -2.39. The number of rotatable bonds is 7. The summed E-state index contributed by atoms with van der Waals surface area (Å²) < 4.78 is 0. The van der Waals surface area contributed by atoms with Gasteiger partial charge in [0.05, 0.1) is 6.10 Å². The van der Waals surface area contributed by atoms with E-state index in [0.717, 1.165) is 31.3 Å². The zero-order valence-electron chi connectivity index (χ0n) is 12.6. The Labute approximate surface area is 118 Å². The SMILES string of the molecule is CNCCC1CCN(CC(O)CC2CCCC2)CC1. The molecule has 1 atom stereocenters. The van der Waals surface area contributed by atoms with Crippen LogP contribution in [0.2, 0.25) is 0 Å². The Kier molecular flexibility index (Phi) is 6.62. The molecule has 2 aliphatic rings. The summed E-state index contributed by atoms with van der Waals surface area (Å²) in [5, 5.41) is 13.5. The van der Waals surface area contributed by atoms with Gasteiger partial charge < -0.3 is 15.3 Å². The van der Waals surface area contributed by atoms with Gasteiger partial charge in [0.25, 0.3) is 0 Å². The van der Waals surface area contributed by atoms with E-state index in [1.807, 2.05) is 7.05 Å². The fourth-order valence-electron chi connectivity index (χ4n) is 3.81. The van der Waals surface area contributed by atoms with E-state index in [1.54, 1.807) is 0 Å². The van der Waals surface area contributed by atoms with Crippen molar-refractivity contribution in [3.63, 3.8) is 0 Å². The maximum atomic E-state index is 10.2. The van der Waals surface area contributed by atoms with E-state index in [0.29, 0.717) is 0 Å². The number of piperidine rings is 1. The highest BCUT2D eigenvalue weighted by atomic mass is 16.3. The summed E-state index contributed by atoms with van der Waals surface area (Å²) in [6, 6.07) is 0. The number of nitrogens with zero attached hydrogens (tertiary/aromatic N) is 1. The van der Waals surface area contributed by atoms with Gasteiger partial charge in [0.2, 0.25) is 0 Å². The molecule has 19 heavy (non-hydrogen) atoms. The molecule has 1 saturated carbocycles. The van der Waals surface area contributed by atoms with E-state index in [-0.39, 0.29) is 6.10 Å². The number of hydrogen-bond donors (Lipinski definition) is 2. The molecule has 112 valence electrons. The third kappa shape index (κ3) is 5.41. The molecular formula is C16H32N2O. The Hall–Kier alpha value is -0.120. The molecule has 0 spiro atoms. The molecule has 0 aromatic carbocycles. The predicted molar refractivity (Wildman–Crippen MR) is 80.3 cm³/mol. The van der Waals surface area contributed by atoms with Crippen molar-refractivity contribution in [2.75, 3.05) is 33.2 Å². The molecule has 2 N–H and O–H groups in total. The van der Waals surface area contributed by atoms with E-state index in [4.69, 9.17) is 0 Å². The topological polar surface area (TPSA) is 35.5 Å². The Morgan fingerprint density at radius 3 is 2.42 bits per heavy atom. The summed E-state index contributed by atoms with van der Waals surface area (Å²) >= 11 is 0. The lowest BCUT2D eigenvalue weighted by Gasteiger charge is -2.33. The first kappa shape index (κ1) is 15.3. The second-order valence-corrected chi connectivity index (χ2v) is 6.68. The smallest absolute Gasteiger partial charge is 0.0669 e. The van der Waals surface area contributed by atoms with Crippen LogP contribution in [0.4, 0.5) is 0 Å². The number of β-amino-alcohol motifs (C(OH)–C–C–N with tert-alkyl or cyclic N) is 1. The van der Waals surface area contributed by atoms with Crippen molar-refractivity contribution in [1.29, 1.82) is 0 Å². The molecule has 0 amide bonds. The van der Waals surface area contributed by atoms with Gasteiger partial charge in [-0.05, 0) is 64.2 Å². The van der Waals surface area contributed by atoms with Crippen LogP contribution in [0.3, 0.4) is 0 Å². The zero-order chi connectivity index (χ0) is 13.5. The number of aliphatic hydroxyl groups excluding tert-OH is 1. The average molecular weight is 268 g/mol. The lowest BCUT2D eigenvalue weighted by molar-refractivity contribution is 0.0722. The fourth-order valence-corrected chi connectivity index (χ4v) is 3.81. The van der Waals surface area contributed by atoms with Crippen LogP contribution in [0.25, 0.3) is 0 Å². The first-order valence-electron chi connectivity index (χ1n) is 8.33. The standard InChI is InChI=1S/C16H32N2O/c1-17-9-6-14-7-10-18(11-8-14)13-16(19)12-15-4-2-3-5-15/h14-17,19H,2-13H2,1H3. The van der Waals surface area contributed by atoms with E-state index >= 15 is 0 Å². The maximum Gasteiger partial charge on any atom is 0.0669 e. The highest BCUT2D eigenvalue weighted by Gasteiger charge is 2.23. The molecule has 0 aromatic heterocycles. The van der Waals surface area contributed by atoms with Crippen LogP contribution in [0.1, 0.15) is 51.4 Å². The van der Waals surface area contributed by atoms with Crippen LogP contribution in [-0.4, -0.2) is 49.3 Å². The van der Waals surface area contributed by atoms with E-state index in [1.165, 1.54) is 58.0 Å². The fraction of sp³-hybridized carbons (Fsp3) is 1.00. The minimum absolute atomic E-state index is 0.0861. The Morgan fingerprint density at radius 2 is 1.79 bits per heavy atom. The molecule has 2 fully saturated rings. The van der Waals surface area contributed by atoms with Gasteiger partial charge in [-0.2, -0.15) is 0 Å². The average Bonchev–Trinajstić information content (AvgIpc) is 2.90. The highest BCUT2D eigenvalue weighted by molar-refractivity contribution is 4.77. The molecule has 1 saturated heterocycles. The highest BCUT2D eigenvalue weighted by Crippen LogP contribution is 2.29. The number of likely N-dealkylation sites (tertiary alicyclic amines) is 1. The third-order valence-electron chi connectivity index (χ3n) is 5.06. The Morgan fingerprint density at radius 1 is 1.11 bits per heavy atom. The number of hydrogen-bond acceptors (Lipinski definition) is 3. The van der Waals surface area contributed by atoms with Gasteiger partial charge in [-0.3, -0.25) is 0 Å². The van der Waals surface area contributed by atoms with Gasteiger partial charge in [0.15, 0.2) is 0 Å². The molecule has 1 aliphatic carbocycles. The van der Waals surface area contributed by atoms with Gasteiger partial charge >= 0.3 is 0 Å². The Balaban J connectivity index is 1.59. The van der Waals surface area contributed by atoms with Crippen LogP contribution < -0.4 is 5.32 Å². The monoisotopic (exact) mass is 268 g/mol. The molecule has 1 aliphatic heterocycles. The van der Waals surface area contributed by atoms with Crippen molar-refractivity contribution in [2.24, 2.45) is 11.8 Å². The third-order valence-corrected chi connectivity index (χ3v) is 5.06. The molecule has 3 heteroatoms. The summed E-state index contributed by atoms with van der Waals surface area (Å²) in [5.74, 6) is 1.71. The van der Waals surface area contributed by atoms with E-state index in [9.17, 15) is 5.11 Å². The van der Waals surface area contributed by atoms with Gasteiger partial charge in [0.1, 0.15) is 0 Å². The molecule has 3 nitrogen and oxygen atoms in total.